The molecule has 0 bridgehead atoms. The van der Waals surface area contributed by atoms with Crippen molar-refractivity contribution in [3.8, 4) is 6.07 Å². The van der Waals surface area contributed by atoms with Gasteiger partial charge in [-0.15, -0.1) is 0 Å². The van der Waals surface area contributed by atoms with E-state index in [2.05, 4.69) is 0 Å². The number of carbonyl (C=O) groups is 2. The molecule has 0 aromatic heterocycles. The normalized spacial score (nSPS) is 50.4. The summed E-state index contributed by atoms with van der Waals surface area (Å²) in [5, 5.41) is 20.3. The average Bonchev–Trinajstić information content (AvgIpc) is 3.28. The van der Waals surface area contributed by atoms with E-state index in [0.29, 0.717) is 12.8 Å². The number of nitriles is 1. The Bertz CT molecular complexity index is 1020. The van der Waals surface area contributed by atoms with Crippen LogP contribution in [0.4, 0.5) is 8.78 Å². The molecule has 0 aromatic carbocycles. The largest absolute Gasteiger partial charge is 0.390 e. The van der Waals surface area contributed by atoms with Crippen LogP contribution in [0.5, 0.6) is 0 Å². The third-order valence-corrected chi connectivity index (χ3v) is 10.8. The summed E-state index contributed by atoms with van der Waals surface area (Å²) in [4.78, 5) is 25.7. The fourth-order valence-electron chi connectivity index (χ4n) is 8.30. The Balaban J connectivity index is 1.60. The Morgan fingerprint density at radius 2 is 2.09 bits per heavy atom. The van der Waals surface area contributed by atoms with Gasteiger partial charge in [-0.25, -0.2) is 8.78 Å². The van der Waals surface area contributed by atoms with Crippen LogP contribution < -0.4 is 0 Å². The van der Waals surface area contributed by atoms with Crippen molar-refractivity contribution >= 4 is 22.7 Å². The first-order valence-electron chi connectivity index (χ1n) is 12.6. The summed E-state index contributed by atoms with van der Waals surface area (Å²) >= 11 is 0.862. The molecule has 0 spiro atoms. The lowest BCUT2D eigenvalue weighted by Gasteiger charge is -2.64. The molecule has 1 aliphatic heterocycles. The second kappa shape index (κ2) is 8.34. The minimum Gasteiger partial charge on any atom is -0.390 e. The van der Waals surface area contributed by atoms with E-state index in [1.54, 1.807) is 6.92 Å². The van der Waals surface area contributed by atoms with Crippen molar-refractivity contribution in [3.05, 3.63) is 11.6 Å². The van der Waals surface area contributed by atoms with Crippen molar-refractivity contribution in [3.63, 3.8) is 0 Å². The number of thioether (sulfide) groups is 1. The van der Waals surface area contributed by atoms with E-state index in [-0.39, 0.29) is 47.9 Å². The Kier molecular flexibility index (Phi) is 6.03. The van der Waals surface area contributed by atoms with Crippen molar-refractivity contribution < 1.29 is 33.0 Å². The molecule has 1 saturated heterocycles. The number of ketones is 1. The van der Waals surface area contributed by atoms with Crippen molar-refractivity contribution in [2.75, 3.05) is 5.75 Å². The number of hydrogen-bond donors (Lipinski definition) is 1. The number of carbonyl (C=O) groups excluding carboxylic acids is 2. The van der Waals surface area contributed by atoms with Gasteiger partial charge in [0.05, 0.1) is 24.0 Å². The fraction of sp³-hybridized carbons (Fsp3) is 0.808. The highest BCUT2D eigenvalue weighted by Gasteiger charge is 2.80. The van der Waals surface area contributed by atoms with Gasteiger partial charge in [0.25, 0.3) is 0 Å². The molecule has 4 aliphatic carbocycles. The van der Waals surface area contributed by atoms with Crippen LogP contribution >= 0.6 is 11.8 Å². The minimum absolute atomic E-state index is 0.0456. The molecule has 0 amide bonds. The van der Waals surface area contributed by atoms with E-state index in [1.165, 1.54) is 6.08 Å². The first-order chi connectivity index (χ1) is 16.5. The van der Waals surface area contributed by atoms with Gasteiger partial charge in [-0.1, -0.05) is 39.0 Å². The van der Waals surface area contributed by atoms with E-state index in [9.17, 15) is 14.7 Å². The fourth-order valence-corrected chi connectivity index (χ4v) is 9.12. The van der Waals surface area contributed by atoms with E-state index in [1.807, 2.05) is 19.9 Å². The molecule has 10 atom stereocenters. The lowest BCUT2D eigenvalue weighted by atomic mass is 9.43. The lowest BCUT2D eigenvalue weighted by Crippen LogP contribution is -2.71. The molecule has 2 unspecified atom stereocenters. The van der Waals surface area contributed by atoms with E-state index in [4.69, 9.17) is 14.7 Å². The second-order valence-electron chi connectivity index (χ2n) is 11.4. The zero-order valence-corrected chi connectivity index (χ0v) is 21.2. The van der Waals surface area contributed by atoms with Gasteiger partial charge in [0.2, 0.25) is 5.12 Å². The van der Waals surface area contributed by atoms with Gasteiger partial charge in [-0.2, -0.15) is 5.26 Å². The van der Waals surface area contributed by atoms with Crippen LogP contribution in [-0.4, -0.2) is 57.7 Å². The van der Waals surface area contributed by atoms with Crippen LogP contribution in [0.2, 0.25) is 0 Å². The number of rotatable bonds is 4. The van der Waals surface area contributed by atoms with E-state index in [0.717, 1.165) is 18.2 Å². The molecule has 192 valence electrons. The topological polar surface area (TPSA) is 96.6 Å². The summed E-state index contributed by atoms with van der Waals surface area (Å²) in [6, 6.07) is 1.98. The van der Waals surface area contributed by atoms with Gasteiger partial charge in [0, 0.05) is 23.2 Å². The summed E-state index contributed by atoms with van der Waals surface area (Å²) in [5.41, 5.74) is -5.73. The molecule has 6 nitrogen and oxygen atoms in total. The number of ether oxygens (including phenoxy) is 2. The van der Waals surface area contributed by atoms with Crippen molar-refractivity contribution in [2.45, 2.75) is 102 Å². The third-order valence-electron chi connectivity index (χ3n) is 9.91. The molecule has 1 heterocycles. The smallest absolute Gasteiger partial charge is 0.225 e. The maximum atomic E-state index is 17.4. The van der Waals surface area contributed by atoms with E-state index >= 15 is 8.78 Å². The molecule has 4 fully saturated rings. The van der Waals surface area contributed by atoms with Crippen molar-refractivity contribution in [1.29, 1.82) is 5.26 Å². The number of aliphatic hydroxyl groups is 1. The number of alkyl halides is 2. The molecule has 1 N–H and O–H groups in total. The van der Waals surface area contributed by atoms with Gasteiger partial charge < -0.3 is 14.6 Å². The Labute approximate surface area is 208 Å². The Morgan fingerprint density at radius 3 is 2.77 bits per heavy atom. The highest BCUT2D eigenvalue weighted by Crippen LogP contribution is 2.72. The first kappa shape index (κ1) is 25.3. The Hall–Kier alpha value is -1.34. The summed E-state index contributed by atoms with van der Waals surface area (Å²) in [6.45, 7) is 5.46. The SMILES string of the molecule is CCC[C@@H]1O[C@@H]2CC3C4C[C@H](F)C5=CC(=O)CC[C@]5(C)[C@@]4(F)[C@@H](O)C[C@]3(C)[C@]2(C(=O)SCC#N)O1. The number of fused-ring (bicyclic) bond motifs is 7. The summed E-state index contributed by atoms with van der Waals surface area (Å²) in [7, 11) is 0. The molecule has 0 radical (unpaired) electrons. The molecular weight excluding hydrogens is 476 g/mol. The van der Waals surface area contributed by atoms with Crippen LogP contribution in [0.25, 0.3) is 0 Å². The van der Waals surface area contributed by atoms with Crippen LogP contribution in [0.1, 0.15) is 65.7 Å². The zero-order valence-electron chi connectivity index (χ0n) is 20.4. The average molecular weight is 510 g/mol. The number of halogens is 2. The number of allylic oxidation sites excluding steroid dienone is 1. The Morgan fingerprint density at radius 1 is 1.34 bits per heavy atom. The van der Waals surface area contributed by atoms with Crippen LogP contribution in [0.15, 0.2) is 11.6 Å². The number of nitrogens with zero attached hydrogens (tertiary/aromatic N) is 1. The molecule has 5 aliphatic rings. The summed E-state index contributed by atoms with van der Waals surface area (Å²) < 4.78 is 45.6. The standard InChI is InChI=1S/C26H33F2NO5S/c1-4-5-21-33-20-12-15-16-11-18(27)17-10-14(30)6-7-23(17,2)25(16,28)19(31)13-24(15,3)26(20,34-21)22(32)35-9-8-29/h10,15-16,18-21,31H,4-7,9,11-13H2,1-3H3/t15?,16?,18-,19-,20+,21+,23-,24-,25-,26-/m0/s1. The molecule has 9 heteroatoms. The van der Waals surface area contributed by atoms with Gasteiger partial charge in [-0.3, -0.25) is 9.59 Å². The number of hydrogen-bond acceptors (Lipinski definition) is 7. The third kappa shape index (κ3) is 3.09. The second-order valence-corrected chi connectivity index (χ2v) is 12.3. The zero-order chi connectivity index (χ0) is 25.4. The molecule has 35 heavy (non-hydrogen) atoms. The predicted molar refractivity (Wildman–Crippen MR) is 125 cm³/mol. The molecule has 0 aromatic rings. The molecule has 3 saturated carbocycles. The molecular formula is C26H33F2NO5S. The summed E-state index contributed by atoms with van der Waals surface area (Å²) in [5.74, 6) is -1.60. The monoisotopic (exact) mass is 509 g/mol. The van der Waals surface area contributed by atoms with Gasteiger partial charge in [0.15, 0.2) is 17.7 Å². The molecule has 5 rings (SSSR count). The van der Waals surface area contributed by atoms with Crippen LogP contribution in [-0.2, 0) is 19.1 Å². The number of aliphatic hydroxyl groups excluding tert-OH is 1. The predicted octanol–water partition coefficient (Wildman–Crippen LogP) is 4.20. The van der Waals surface area contributed by atoms with Crippen molar-refractivity contribution in [2.24, 2.45) is 22.7 Å². The minimum atomic E-state index is -2.14. The lowest BCUT2D eigenvalue weighted by molar-refractivity contribution is -0.240. The summed E-state index contributed by atoms with van der Waals surface area (Å²) in [6.07, 6.45) is -1.24. The maximum absolute atomic E-state index is 17.4. The highest BCUT2D eigenvalue weighted by molar-refractivity contribution is 8.14. The maximum Gasteiger partial charge on any atom is 0.225 e. The quantitative estimate of drug-likeness (QED) is 0.607. The first-order valence-corrected chi connectivity index (χ1v) is 13.6. The van der Waals surface area contributed by atoms with Gasteiger partial charge >= 0.3 is 0 Å². The van der Waals surface area contributed by atoms with E-state index < -0.39 is 58.6 Å². The van der Waals surface area contributed by atoms with Crippen LogP contribution in [0.3, 0.4) is 0 Å². The highest BCUT2D eigenvalue weighted by atomic mass is 32.2. The van der Waals surface area contributed by atoms with Crippen molar-refractivity contribution in [1.82, 2.24) is 0 Å². The van der Waals surface area contributed by atoms with Crippen LogP contribution in [0, 0.1) is 34.0 Å². The van der Waals surface area contributed by atoms with Gasteiger partial charge in [-0.05, 0) is 49.7 Å². The van der Waals surface area contributed by atoms with Gasteiger partial charge in [0.1, 0.15) is 11.8 Å².